The molecular weight excluding hydrogens is 307 g/mol. The Labute approximate surface area is 151 Å². The molecule has 1 amide bonds. The standard InChI is InChI=1S/C21H29BN2O/c1-14(2)24-12-16(19-17(22)4-3-5-18(19)24)20(25)23-13-21-9-6-15(7-10-21)8-11-21/h3-5,12,14-15H,6-11,13,22H2,1-2H3,(H,23,25). The quantitative estimate of drug-likeness (QED) is 0.855. The topological polar surface area (TPSA) is 34.0 Å². The van der Waals surface area contributed by atoms with E-state index in [4.69, 9.17) is 0 Å². The van der Waals surface area contributed by atoms with Crippen LogP contribution >= 0.6 is 0 Å². The lowest BCUT2D eigenvalue weighted by molar-refractivity contribution is 0.0598. The zero-order valence-corrected chi connectivity index (χ0v) is 15.8. The zero-order valence-electron chi connectivity index (χ0n) is 15.8. The molecule has 2 bridgehead atoms. The fraction of sp³-hybridized carbons (Fsp3) is 0.571. The Balaban J connectivity index is 1.60. The predicted octanol–water partition coefficient (Wildman–Crippen LogP) is 3.18. The van der Waals surface area contributed by atoms with Gasteiger partial charge in [0.05, 0.1) is 5.56 Å². The van der Waals surface area contributed by atoms with Crippen molar-refractivity contribution in [2.24, 2.45) is 11.3 Å². The molecule has 3 aliphatic carbocycles. The smallest absolute Gasteiger partial charge is 0.253 e. The summed E-state index contributed by atoms with van der Waals surface area (Å²) in [4.78, 5) is 13.0. The van der Waals surface area contributed by atoms with Gasteiger partial charge in [0.1, 0.15) is 7.85 Å². The third kappa shape index (κ3) is 2.90. The maximum absolute atomic E-state index is 13.0. The van der Waals surface area contributed by atoms with E-state index in [9.17, 15) is 4.79 Å². The van der Waals surface area contributed by atoms with Crippen LogP contribution in [0.1, 0.15) is 68.8 Å². The first kappa shape index (κ1) is 16.7. The Bertz CT molecular complexity index is 786. The lowest BCUT2D eigenvalue weighted by atomic mass is 9.61. The van der Waals surface area contributed by atoms with Crippen LogP contribution in [-0.4, -0.2) is 24.9 Å². The molecule has 0 saturated heterocycles. The second kappa shape index (κ2) is 6.23. The van der Waals surface area contributed by atoms with Crippen LogP contribution in [0.15, 0.2) is 24.4 Å². The summed E-state index contributed by atoms with van der Waals surface area (Å²) in [5, 5.41) is 4.41. The van der Waals surface area contributed by atoms with E-state index in [0.717, 1.165) is 28.9 Å². The lowest BCUT2D eigenvalue weighted by Crippen LogP contribution is -2.43. The second-order valence-corrected chi connectivity index (χ2v) is 8.68. The molecule has 3 saturated carbocycles. The molecule has 5 rings (SSSR count). The summed E-state index contributed by atoms with van der Waals surface area (Å²) in [5.74, 6) is 1.06. The molecule has 132 valence electrons. The van der Waals surface area contributed by atoms with Gasteiger partial charge < -0.3 is 9.88 Å². The number of carbonyl (C=O) groups excluding carboxylic acids is 1. The number of benzene rings is 1. The highest BCUT2D eigenvalue weighted by Crippen LogP contribution is 2.49. The summed E-state index contributed by atoms with van der Waals surface area (Å²) < 4.78 is 2.22. The van der Waals surface area contributed by atoms with Gasteiger partial charge in [-0.15, -0.1) is 0 Å². The number of aromatic nitrogens is 1. The Morgan fingerprint density at radius 1 is 1.28 bits per heavy atom. The summed E-state index contributed by atoms with van der Waals surface area (Å²) in [6.45, 7) is 5.19. The first-order valence-corrected chi connectivity index (χ1v) is 9.87. The van der Waals surface area contributed by atoms with Gasteiger partial charge in [-0.25, -0.2) is 0 Å². The van der Waals surface area contributed by atoms with Crippen molar-refractivity contribution in [2.75, 3.05) is 6.54 Å². The van der Waals surface area contributed by atoms with E-state index in [1.807, 2.05) is 6.20 Å². The van der Waals surface area contributed by atoms with Crippen molar-refractivity contribution >= 4 is 30.1 Å². The second-order valence-electron chi connectivity index (χ2n) is 8.68. The molecule has 25 heavy (non-hydrogen) atoms. The molecule has 4 heteroatoms. The predicted molar refractivity (Wildman–Crippen MR) is 106 cm³/mol. The number of amides is 1. The van der Waals surface area contributed by atoms with Crippen LogP contribution < -0.4 is 10.8 Å². The van der Waals surface area contributed by atoms with Gasteiger partial charge in [-0.2, -0.15) is 0 Å². The SMILES string of the molecule is Bc1cccc2c1c(C(=O)NCC13CCC(CC1)CC3)cn2C(C)C. The number of fused-ring (bicyclic) bond motifs is 4. The van der Waals surface area contributed by atoms with Gasteiger partial charge in [0.2, 0.25) is 0 Å². The summed E-state index contributed by atoms with van der Waals surface area (Å²) >= 11 is 0. The molecule has 1 aromatic carbocycles. The van der Waals surface area contributed by atoms with Crippen molar-refractivity contribution in [2.45, 2.75) is 58.4 Å². The van der Waals surface area contributed by atoms with E-state index in [1.54, 1.807) is 0 Å². The van der Waals surface area contributed by atoms with Gasteiger partial charge >= 0.3 is 0 Å². The van der Waals surface area contributed by atoms with E-state index in [-0.39, 0.29) is 5.91 Å². The number of hydrogen-bond donors (Lipinski definition) is 1. The van der Waals surface area contributed by atoms with Crippen LogP contribution in [0.2, 0.25) is 0 Å². The number of rotatable bonds is 4. The molecule has 0 atom stereocenters. The van der Waals surface area contributed by atoms with Crippen LogP contribution in [0.5, 0.6) is 0 Å². The Morgan fingerprint density at radius 2 is 1.96 bits per heavy atom. The average Bonchev–Trinajstić information content (AvgIpc) is 3.03. The highest BCUT2D eigenvalue weighted by Gasteiger charge is 2.40. The maximum atomic E-state index is 13.0. The monoisotopic (exact) mass is 336 g/mol. The summed E-state index contributed by atoms with van der Waals surface area (Å²) in [5.41, 5.74) is 3.55. The molecular formula is C21H29BN2O. The molecule has 1 aromatic heterocycles. The van der Waals surface area contributed by atoms with Crippen molar-refractivity contribution < 1.29 is 4.79 Å². The molecule has 3 nitrogen and oxygen atoms in total. The van der Waals surface area contributed by atoms with Gasteiger partial charge in [0, 0.05) is 29.7 Å². The van der Waals surface area contributed by atoms with Crippen LogP contribution in [0.4, 0.5) is 0 Å². The Morgan fingerprint density at radius 3 is 2.60 bits per heavy atom. The molecule has 0 radical (unpaired) electrons. The van der Waals surface area contributed by atoms with Crippen molar-refractivity contribution in [1.29, 1.82) is 0 Å². The molecule has 0 unspecified atom stereocenters. The molecule has 3 fully saturated rings. The normalized spacial score (nSPS) is 25.6. The molecule has 3 aliphatic rings. The zero-order chi connectivity index (χ0) is 17.6. The van der Waals surface area contributed by atoms with Crippen LogP contribution in [0.3, 0.4) is 0 Å². The highest BCUT2D eigenvalue weighted by molar-refractivity contribution is 6.40. The third-order valence-electron chi connectivity index (χ3n) is 6.74. The molecule has 1 N–H and O–H groups in total. The van der Waals surface area contributed by atoms with Gasteiger partial charge in [-0.1, -0.05) is 17.6 Å². The van der Waals surface area contributed by atoms with E-state index in [1.165, 1.54) is 44.0 Å². The van der Waals surface area contributed by atoms with Crippen LogP contribution in [0, 0.1) is 11.3 Å². The van der Waals surface area contributed by atoms with Gasteiger partial charge in [-0.05, 0) is 69.8 Å². The average molecular weight is 336 g/mol. The molecule has 2 aromatic rings. The highest BCUT2D eigenvalue weighted by atomic mass is 16.1. The summed E-state index contributed by atoms with van der Waals surface area (Å²) in [7, 11) is 2.10. The molecule has 0 spiro atoms. The van der Waals surface area contributed by atoms with Crippen molar-refractivity contribution in [3.8, 4) is 0 Å². The Kier molecular flexibility index (Phi) is 4.17. The Hall–Kier alpha value is -1.71. The van der Waals surface area contributed by atoms with Gasteiger partial charge in [-0.3, -0.25) is 4.79 Å². The van der Waals surface area contributed by atoms with E-state index in [0.29, 0.717) is 11.5 Å². The van der Waals surface area contributed by atoms with Gasteiger partial charge in [0.25, 0.3) is 5.91 Å². The maximum Gasteiger partial charge on any atom is 0.253 e. The van der Waals surface area contributed by atoms with Crippen molar-refractivity contribution in [3.63, 3.8) is 0 Å². The molecule has 0 aliphatic heterocycles. The third-order valence-corrected chi connectivity index (χ3v) is 6.74. The van der Waals surface area contributed by atoms with Crippen molar-refractivity contribution in [1.82, 2.24) is 9.88 Å². The van der Waals surface area contributed by atoms with Gasteiger partial charge in [0.15, 0.2) is 0 Å². The van der Waals surface area contributed by atoms with Crippen molar-refractivity contribution in [3.05, 3.63) is 30.0 Å². The van der Waals surface area contributed by atoms with Crippen LogP contribution in [0.25, 0.3) is 10.9 Å². The first-order chi connectivity index (χ1) is 12.0. The lowest BCUT2D eigenvalue weighted by Gasteiger charge is -2.46. The van der Waals surface area contributed by atoms with E-state index in [2.05, 4.69) is 49.8 Å². The summed E-state index contributed by atoms with van der Waals surface area (Å²) in [6.07, 6.45) is 10.0. The minimum atomic E-state index is 0.0979. The number of nitrogens with zero attached hydrogens (tertiary/aromatic N) is 1. The minimum Gasteiger partial charge on any atom is -0.351 e. The largest absolute Gasteiger partial charge is 0.351 e. The van der Waals surface area contributed by atoms with Crippen LogP contribution in [-0.2, 0) is 0 Å². The number of hydrogen-bond acceptors (Lipinski definition) is 1. The van der Waals surface area contributed by atoms with E-state index < -0.39 is 0 Å². The first-order valence-electron chi connectivity index (χ1n) is 9.87. The number of nitrogens with one attached hydrogen (secondary N) is 1. The fourth-order valence-corrected chi connectivity index (χ4v) is 5.06. The van der Waals surface area contributed by atoms with E-state index >= 15 is 0 Å². The fourth-order valence-electron chi connectivity index (χ4n) is 5.06. The number of carbonyl (C=O) groups is 1. The minimum absolute atomic E-state index is 0.0979. The summed E-state index contributed by atoms with van der Waals surface area (Å²) in [6, 6.07) is 6.65. The molecule has 1 heterocycles.